The van der Waals surface area contributed by atoms with Crippen molar-refractivity contribution < 1.29 is 0 Å². The summed E-state index contributed by atoms with van der Waals surface area (Å²) in [6.07, 6.45) is 3.52. The average molecular weight is 376 g/mol. The number of anilines is 1. The zero-order chi connectivity index (χ0) is 20.2. The van der Waals surface area contributed by atoms with Gasteiger partial charge < -0.3 is 5.73 Å². The van der Waals surface area contributed by atoms with E-state index in [0.29, 0.717) is 0 Å². The van der Waals surface area contributed by atoms with E-state index in [1.165, 1.54) is 0 Å². The molecule has 0 saturated carbocycles. The second kappa shape index (κ2) is 7.95. The monoisotopic (exact) mass is 376 g/mol. The number of nitrogens with zero attached hydrogens (tertiary/aromatic N) is 3. The van der Waals surface area contributed by atoms with Gasteiger partial charge in [0.25, 0.3) is 0 Å². The van der Waals surface area contributed by atoms with E-state index in [0.717, 1.165) is 50.7 Å². The van der Waals surface area contributed by atoms with Gasteiger partial charge in [0, 0.05) is 29.2 Å². The summed E-state index contributed by atoms with van der Waals surface area (Å²) in [6, 6.07) is 19.4. The zero-order valence-corrected chi connectivity index (χ0v) is 16.3. The Morgan fingerprint density at radius 3 is 1.72 bits per heavy atom. The van der Waals surface area contributed by atoms with Crippen molar-refractivity contribution in [3.8, 4) is 34.6 Å². The summed E-state index contributed by atoms with van der Waals surface area (Å²) in [6.45, 7) is 4.05. The number of pyridine rings is 3. The molecule has 0 amide bonds. The highest BCUT2D eigenvalue weighted by Gasteiger charge is 2.08. The lowest BCUT2D eigenvalue weighted by Crippen LogP contribution is -1.95. The van der Waals surface area contributed by atoms with Crippen LogP contribution in [0.25, 0.3) is 22.8 Å². The molecule has 4 nitrogen and oxygen atoms in total. The lowest BCUT2D eigenvalue weighted by Gasteiger charge is -2.06. The van der Waals surface area contributed by atoms with Gasteiger partial charge in [-0.3, -0.25) is 9.97 Å². The Balaban J connectivity index is 1.84. The Bertz CT molecular complexity index is 1140. The van der Waals surface area contributed by atoms with Gasteiger partial charge in [0.1, 0.15) is 0 Å². The molecule has 1 aromatic carbocycles. The molecule has 4 aromatic rings. The van der Waals surface area contributed by atoms with Crippen LogP contribution in [0.2, 0.25) is 0 Å². The second-order valence-corrected chi connectivity index (χ2v) is 6.84. The quantitative estimate of drug-likeness (QED) is 0.403. The number of hydrogen-bond donors (Lipinski definition) is 1. The minimum atomic E-state index is 0.754. The number of aryl methyl sites for hydroxylation is 2. The van der Waals surface area contributed by atoms with E-state index < -0.39 is 0 Å². The van der Waals surface area contributed by atoms with Crippen molar-refractivity contribution in [2.45, 2.75) is 13.8 Å². The average Bonchev–Trinajstić information content (AvgIpc) is 2.74. The maximum Gasteiger partial charge on any atom is 0.0906 e. The van der Waals surface area contributed by atoms with E-state index in [1.807, 2.05) is 74.5 Å². The molecule has 3 heterocycles. The normalized spacial score (nSPS) is 10.3. The van der Waals surface area contributed by atoms with Crippen molar-refractivity contribution in [3.63, 3.8) is 0 Å². The Morgan fingerprint density at radius 1 is 0.690 bits per heavy atom. The molecule has 0 saturated heterocycles. The summed E-state index contributed by atoms with van der Waals surface area (Å²) in [5.74, 6) is 6.60. The SMILES string of the molecule is Cc1cc(N)cc(C)c1C#Cc1cc(-c2ccccn2)nc(-c2ccccn2)c1. The smallest absolute Gasteiger partial charge is 0.0906 e. The van der Waals surface area contributed by atoms with Crippen molar-refractivity contribution in [1.29, 1.82) is 0 Å². The summed E-state index contributed by atoms with van der Waals surface area (Å²) in [7, 11) is 0. The Hall–Kier alpha value is -3.97. The van der Waals surface area contributed by atoms with E-state index in [1.54, 1.807) is 12.4 Å². The molecule has 140 valence electrons. The van der Waals surface area contributed by atoms with E-state index >= 15 is 0 Å². The molecule has 4 rings (SSSR count). The van der Waals surface area contributed by atoms with Crippen molar-refractivity contribution >= 4 is 5.69 Å². The fraction of sp³-hybridized carbons (Fsp3) is 0.0800. The summed E-state index contributed by atoms with van der Waals surface area (Å²) in [5.41, 5.74) is 13.8. The molecule has 0 aliphatic rings. The molecule has 0 radical (unpaired) electrons. The van der Waals surface area contributed by atoms with Crippen LogP contribution in [0.3, 0.4) is 0 Å². The van der Waals surface area contributed by atoms with Gasteiger partial charge >= 0.3 is 0 Å². The molecule has 29 heavy (non-hydrogen) atoms. The van der Waals surface area contributed by atoms with Gasteiger partial charge in [0.05, 0.1) is 22.8 Å². The maximum atomic E-state index is 5.93. The third-order valence-corrected chi connectivity index (χ3v) is 4.57. The molecule has 3 aromatic heterocycles. The number of hydrogen-bond acceptors (Lipinski definition) is 4. The highest BCUT2D eigenvalue weighted by Crippen LogP contribution is 2.23. The fourth-order valence-corrected chi connectivity index (χ4v) is 3.22. The summed E-state index contributed by atoms with van der Waals surface area (Å²) < 4.78 is 0. The standard InChI is InChI=1S/C25H20N4/c1-17-13-20(26)14-18(2)21(17)10-9-19-15-24(22-7-3-5-11-27-22)29-25(16-19)23-8-4-6-12-28-23/h3-8,11-16H,26H2,1-2H3. The van der Waals surface area contributed by atoms with Crippen LogP contribution in [0.15, 0.2) is 73.1 Å². The van der Waals surface area contributed by atoms with Gasteiger partial charge in [-0.15, -0.1) is 0 Å². The number of rotatable bonds is 2. The topological polar surface area (TPSA) is 64.7 Å². The predicted octanol–water partition coefficient (Wildman–Crippen LogP) is 4.80. The largest absolute Gasteiger partial charge is 0.399 e. The zero-order valence-electron chi connectivity index (χ0n) is 16.3. The van der Waals surface area contributed by atoms with E-state index in [-0.39, 0.29) is 0 Å². The first-order valence-electron chi connectivity index (χ1n) is 9.34. The molecule has 0 spiro atoms. The summed E-state index contributed by atoms with van der Waals surface area (Å²) in [4.78, 5) is 13.6. The van der Waals surface area contributed by atoms with Crippen LogP contribution in [0.5, 0.6) is 0 Å². The maximum absolute atomic E-state index is 5.93. The second-order valence-electron chi connectivity index (χ2n) is 6.84. The third kappa shape index (κ3) is 4.15. The molecule has 4 heteroatoms. The molecule has 2 N–H and O–H groups in total. The van der Waals surface area contributed by atoms with Crippen molar-refractivity contribution in [2.75, 3.05) is 5.73 Å². The number of nitrogen functional groups attached to an aromatic ring is 1. The minimum Gasteiger partial charge on any atom is -0.399 e. The highest BCUT2D eigenvalue weighted by atomic mass is 14.8. The minimum absolute atomic E-state index is 0.754. The first-order chi connectivity index (χ1) is 14.1. The van der Waals surface area contributed by atoms with Crippen molar-refractivity contribution in [1.82, 2.24) is 15.0 Å². The van der Waals surface area contributed by atoms with Crippen LogP contribution in [0.4, 0.5) is 5.69 Å². The van der Waals surface area contributed by atoms with Gasteiger partial charge in [-0.2, -0.15) is 0 Å². The van der Waals surface area contributed by atoms with E-state index in [4.69, 9.17) is 10.7 Å². The van der Waals surface area contributed by atoms with E-state index in [2.05, 4.69) is 21.8 Å². The molecule has 0 aliphatic carbocycles. The van der Waals surface area contributed by atoms with Gasteiger partial charge in [0.2, 0.25) is 0 Å². The Labute approximate surface area is 170 Å². The molecule has 0 aliphatic heterocycles. The summed E-state index contributed by atoms with van der Waals surface area (Å²) in [5, 5.41) is 0. The van der Waals surface area contributed by atoms with Crippen molar-refractivity contribution in [2.24, 2.45) is 0 Å². The van der Waals surface area contributed by atoms with Crippen LogP contribution < -0.4 is 5.73 Å². The van der Waals surface area contributed by atoms with Crippen molar-refractivity contribution in [3.05, 3.63) is 95.3 Å². The molecular formula is C25H20N4. The van der Waals surface area contributed by atoms with Gasteiger partial charge in [-0.1, -0.05) is 24.0 Å². The Morgan fingerprint density at radius 2 is 1.24 bits per heavy atom. The summed E-state index contributed by atoms with van der Waals surface area (Å²) >= 11 is 0. The molecular weight excluding hydrogens is 356 g/mol. The van der Waals surface area contributed by atoms with Crippen LogP contribution in [-0.2, 0) is 0 Å². The number of aromatic nitrogens is 3. The van der Waals surface area contributed by atoms with Gasteiger partial charge in [-0.05, 0) is 73.5 Å². The predicted molar refractivity (Wildman–Crippen MR) is 117 cm³/mol. The lowest BCUT2D eigenvalue weighted by molar-refractivity contribution is 1.21. The Kier molecular flexibility index (Phi) is 5.05. The number of benzene rings is 1. The van der Waals surface area contributed by atoms with Gasteiger partial charge in [0.15, 0.2) is 0 Å². The third-order valence-electron chi connectivity index (χ3n) is 4.57. The van der Waals surface area contributed by atoms with Crippen LogP contribution in [-0.4, -0.2) is 15.0 Å². The first-order valence-corrected chi connectivity index (χ1v) is 9.34. The first kappa shape index (κ1) is 18.4. The fourth-order valence-electron chi connectivity index (χ4n) is 3.22. The van der Waals surface area contributed by atoms with Crippen LogP contribution in [0, 0.1) is 25.7 Å². The number of nitrogens with two attached hydrogens (primary N) is 1. The molecule has 0 atom stereocenters. The van der Waals surface area contributed by atoms with E-state index in [9.17, 15) is 0 Å². The van der Waals surface area contributed by atoms with Crippen LogP contribution >= 0.6 is 0 Å². The van der Waals surface area contributed by atoms with Gasteiger partial charge in [-0.25, -0.2) is 4.98 Å². The highest BCUT2D eigenvalue weighted by molar-refractivity contribution is 5.66. The molecule has 0 fully saturated rings. The van der Waals surface area contributed by atoms with Crippen LogP contribution in [0.1, 0.15) is 22.3 Å². The molecule has 0 bridgehead atoms. The molecule has 0 unspecified atom stereocenters. The lowest BCUT2D eigenvalue weighted by atomic mass is 10.0.